The van der Waals surface area contributed by atoms with Crippen LogP contribution in [0.4, 0.5) is 14.6 Å². The SMILES string of the molecule is CCCn1cc(S(=O)(=O)NCC(O)C(F)F)c(N)n1. The van der Waals surface area contributed by atoms with Crippen LogP contribution in [0.5, 0.6) is 0 Å². The number of aliphatic hydroxyl groups is 1. The molecule has 0 aromatic carbocycles. The molecule has 0 aliphatic carbocycles. The van der Waals surface area contributed by atoms with E-state index >= 15 is 0 Å². The Bertz CT molecular complexity index is 518. The van der Waals surface area contributed by atoms with Gasteiger partial charge < -0.3 is 10.8 Å². The zero-order valence-electron chi connectivity index (χ0n) is 10.3. The first-order valence-electron chi connectivity index (χ1n) is 5.56. The highest BCUT2D eigenvalue weighted by atomic mass is 32.2. The zero-order chi connectivity index (χ0) is 14.6. The molecule has 1 aromatic heterocycles. The molecule has 0 amide bonds. The molecule has 10 heteroatoms. The molecule has 0 bridgehead atoms. The number of aryl methyl sites for hydroxylation is 1. The molecule has 1 aromatic rings. The molecule has 0 fully saturated rings. The van der Waals surface area contributed by atoms with Gasteiger partial charge in [-0.05, 0) is 6.42 Å². The number of rotatable bonds is 7. The summed E-state index contributed by atoms with van der Waals surface area (Å²) in [5, 5.41) is 12.7. The van der Waals surface area contributed by atoms with Crippen LogP contribution in [-0.2, 0) is 16.6 Å². The van der Waals surface area contributed by atoms with Crippen molar-refractivity contribution in [2.45, 2.75) is 37.3 Å². The molecule has 1 rings (SSSR count). The maximum atomic E-state index is 12.1. The van der Waals surface area contributed by atoms with Gasteiger partial charge in [-0.2, -0.15) is 5.10 Å². The number of nitrogens with two attached hydrogens (primary N) is 1. The highest BCUT2D eigenvalue weighted by molar-refractivity contribution is 7.89. The monoisotopic (exact) mass is 298 g/mol. The third-order valence-electron chi connectivity index (χ3n) is 2.27. The fourth-order valence-electron chi connectivity index (χ4n) is 1.33. The Morgan fingerprint density at radius 2 is 2.21 bits per heavy atom. The number of hydrogen-bond acceptors (Lipinski definition) is 5. The second kappa shape index (κ2) is 6.26. The molecule has 4 N–H and O–H groups in total. The van der Waals surface area contributed by atoms with Gasteiger partial charge >= 0.3 is 0 Å². The van der Waals surface area contributed by atoms with E-state index < -0.39 is 29.1 Å². The Balaban J connectivity index is 2.82. The summed E-state index contributed by atoms with van der Waals surface area (Å²) in [7, 11) is -4.07. The van der Waals surface area contributed by atoms with Crippen LogP contribution in [-0.4, -0.2) is 42.4 Å². The average Bonchev–Trinajstić information content (AvgIpc) is 2.68. The van der Waals surface area contributed by atoms with E-state index in [9.17, 15) is 17.2 Å². The molecule has 1 heterocycles. The fraction of sp³-hybridized carbons (Fsp3) is 0.667. The lowest BCUT2D eigenvalue weighted by atomic mass is 10.4. The summed E-state index contributed by atoms with van der Waals surface area (Å²) in [4.78, 5) is -0.289. The predicted octanol–water partition coefficient (Wildman–Crippen LogP) is -0.220. The largest absolute Gasteiger partial charge is 0.386 e. The molecule has 0 radical (unpaired) electrons. The van der Waals surface area contributed by atoms with Gasteiger partial charge in [0.15, 0.2) is 5.82 Å². The number of hydrogen-bond donors (Lipinski definition) is 3. The molecule has 0 aliphatic rings. The van der Waals surface area contributed by atoms with Crippen LogP contribution < -0.4 is 10.5 Å². The van der Waals surface area contributed by atoms with E-state index in [0.29, 0.717) is 6.54 Å². The van der Waals surface area contributed by atoms with Crippen molar-refractivity contribution in [1.29, 1.82) is 0 Å². The lowest BCUT2D eigenvalue weighted by Crippen LogP contribution is -2.35. The molecule has 19 heavy (non-hydrogen) atoms. The average molecular weight is 298 g/mol. The van der Waals surface area contributed by atoms with Crippen LogP contribution in [0.25, 0.3) is 0 Å². The highest BCUT2D eigenvalue weighted by Crippen LogP contribution is 2.16. The lowest BCUT2D eigenvalue weighted by Gasteiger charge is -2.10. The molecule has 7 nitrogen and oxygen atoms in total. The number of anilines is 1. The Labute approximate surface area is 109 Å². The molecular formula is C9H16F2N4O3S. The normalized spacial score (nSPS) is 13.9. The topological polar surface area (TPSA) is 110 Å². The van der Waals surface area contributed by atoms with Gasteiger partial charge in [-0.25, -0.2) is 21.9 Å². The Kier molecular flexibility index (Phi) is 5.20. The van der Waals surface area contributed by atoms with Crippen LogP contribution in [0, 0.1) is 0 Å². The molecular weight excluding hydrogens is 282 g/mol. The maximum Gasteiger partial charge on any atom is 0.265 e. The van der Waals surface area contributed by atoms with Gasteiger partial charge in [0, 0.05) is 19.3 Å². The van der Waals surface area contributed by atoms with Crippen molar-refractivity contribution in [3.63, 3.8) is 0 Å². The third-order valence-corrected chi connectivity index (χ3v) is 3.71. The van der Waals surface area contributed by atoms with Gasteiger partial charge in [0.1, 0.15) is 11.0 Å². The van der Waals surface area contributed by atoms with Crippen molar-refractivity contribution in [3.05, 3.63) is 6.20 Å². The molecule has 1 atom stereocenters. The summed E-state index contributed by atoms with van der Waals surface area (Å²) in [6, 6.07) is 0. The first-order valence-corrected chi connectivity index (χ1v) is 7.05. The van der Waals surface area contributed by atoms with Crippen molar-refractivity contribution in [2.75, 3.05) is 12.3 Å². The molecule has 0 saturated carbocycles. The van der Waals surface area contributed by atoms with E-state index in [-0.39, 0.29) is 10.7 Å². The van der Waals surface area contributed by atoms with Gasteiger partial charge in [-0.3, -0.25) is 4.68 Å². The van der Waals surface area contributed by atoms with Gasteiger partial charge in [0.25, 0.3) is 6.43 Å². The van der Waals surface area contributed by atoms with Crippen molar-refractivity contribution in [2.24, 2.45) is 0 Å². The molecule has 1 unspecified atom stereocenters. The van der Waals surface area contributed by atoms with Crippen molar-refractivity contribution in [3.8, 4) is 0 Å². The quantitative estimate of drug-likeness (QED) is 0.644. The first-order chi connectivity index (χ1) is 8.77. The molecule has 0 saturated heterocycles. The smallest absolute Gasteiger partial charge is 0.265 e. The van der Waals surface area contributed by atoms with Gasteiger partial charge in [0.2, 0.25) is 10.0 Å². The minimum atomic E-state index is -4.07. The third kappa shape index (κ3) is 4.11. The van der Waals surface area contributed by atoms with E-state index in [0.717, 1.165) is 6.42 Å². The van der Waals surface area contributed by atoms with Crippen LogP contribution in [0.1, 0.15) is 13.3 Å². The minimum absolute atomic E-state index is 0.215. The molecule has 0 spiro atoms. The van der Waals surface area contributed by atoms with E-state index in [1.165, 1.54) is 10.9 Å². The minimum Gasteiger partial charge on any atom is -0.386 e. The summed E-state index contributed by atoms with van der Waals surface area (Å²) >= 11 is 0. The fourth-order valence-corrected chi connectivity index (χ4v) is 2.45. The molecule has 0 aliphatic heterocycles. The summed E-state index contributed by atoms with van der Waals surface area (Å²) in [6.07, 6.45) is -3.14. The van der Waals surface area contributed by atoms with Crippen molar-refractivity contribution >= 4 is 15.8 Å². The van der Waals surface area contributed by atoms with E-state index in [1.54, 1.807) is 0 Å². The number of halogens is 2. The molecule has 110 valence electrons. The number of nitrogens with one attached hydrogen (secondary N) is 1. The van der Waals surface area contributed by atoms with Crippen LogP contribution in [0.3, 0.4) is 0 Å². The summed E-state index contributed by atoms with van der Waals surface area (Å²) < 4.78 is 50.9. The number of nitrogen functional groups attached to an aromatic ring is 1. The van der Waals surface area contributed by atoms with Crippen LogP contribution in [0.15, 0.2) is 11.1 Å². The number of aliphatic hydroxyl groups excluding tert-OH is 1. The van der Waals surface area contributed by atoms with Gasteiger partial charge in [-0.15, -0.1) is 0 Å². The second-order valence-electron chi connectivity index (χ2n) is 3.90. The lowest BCUT2D eigenvalue weighted by molar-refractivity contribution is -0.000450. The highest BCUT2D eigenvalue weighted by Gasteiger charge is 2.24. The van der Waals surface area contributed by atoms with Crippen LogP contribution >= 0.6 is 0 Å². The number of nitrogens with zero attached hydrogens (tertiary/aromatic N) is 2. The first kappa shape index (κ1) is 15.8. The van der Waals surface area contributed by atoms with Gasteiger partial charge in [-0.1, -0.05) is 6.92 Å². The predicted molar refractivity (Wildman–Crippen MR) is 64.1 cm³/mol. The Morgan fingerprint density at radius 1 is 1.58 bits per heavy atom. The number of sulfonamides is 1. The van der Waals surface area contributed by atoms with Gasteiger partial charge in [0.05, 0.1) is 0 Å². The van der Waals surface area contributed by atoms with E-state index in [2.05, 4.69) is 5.10 Å². The van der Waals surface area contributed by atoms with Crippen molar-refractivity contribution < 1.29 is 22.3 Å². The Hall–Kier alpha value is -1.26. The van der Waals surface area contributed by atoms with Crippen LogP contribution in [0.2, 0.25) is 0 Å². The van der Waals surface area contributed by atoms with Crippen molar-refractivity contribution in [1.82, 2.24) is 14.5 Å². The zero-order valence-corrected chi connectivity index (χ0v) is 11.1. The summed E-state index contributed by atoms with van der Waals surface area (Å²) in [5.41, 5.74) is 5.46. The van der Waals surface area contributed by atoms with E-state index in [1.807, 2.05) is 11.6 Å². The summed E-state index contributed by atoms with van der Waals surface area (Å²) in [5.74, 6) is -0.215. The number of alkyl halides is 2. The summed E-state index contributed by atoms with van der Waals surface area (Å²) in [6.45, 7) is 1.57. The maximum absolute atomic E-state index is 12.1. The van der Waals surface area contributed by atoms with E-state index in [4.69, 9.17) is 10.8 Å². The number of aromatic nitrogens is 2. The second-order valence-corrected chi connectivity index (χ2v) is 5.63. The Morgan fingerprint density at radius 3 is 2.74 bits per heavy atom. The standard InChI is InChI=1S/C9H16F2N4O3S/c1-2-3-15-5-7(9(12)14-15)19(17,18)13-4-6(16)8(10)11/h5-6,8,13,16H,2-4H2,1H3,(H2,12,14).